The number of aliphatic carboxylic acids is 1. The van der Waals surface area contributed by atoms with Crippen molar-refractivity contribution in [3.63, 3.8) is 0 Å². The van der Waals surface area contributed by atoms with Gasteiger partial charge >= 0.3 is 5.97 Å². The van der Waals surface area contributed by atoms with Gasteiger partial charge in [0.1, 0.15) is 5.75 Å². The largest absolute Gasteiger partial charge is 0.495 e. The number of nitrogens with zero attached hydrogens (tertiary/aromatic N) is 1. The zero-order valence-electron chi connectivity index (χ0n) is 11.3. The van der Waals surface area contributed by atoms with E-state index in [2.05, 4.69) is 17.1 Å². The number of hydrogen-bond donors (Lipinski definition) is 2. The monoisotopic (exact) mass is 264 g/mol. The van der Waals surface area contributed by atoms with E-state index in [1.165, 1.54) is 0 Å². The van der Waals surface area contributed by atoms with Crippen molar-refractivity contribution in [2.24, 2.45) is 5.92 Å². The van der Waals surface area contributed by atoms with Gasteiger partial charge in [-0.1, -0.05) is 12.1 Å². The van der Waals surface area contributed by atoms with Gasteiger partial charge in [-0.2, -0.15) is 0 Å². The first-order valence-electron chi connectivity index (χ1n) is 6.46. The summed E-state index contributed by atoms with van der Waals surface area (Å²) in [6, 6.07) is 7.95. The minimum absolute atomic E-state index is 0.223. The maximum absolute atomic E-state index is 11.2. The lowest BCUT2D eigenvalue weighted by Crippen LogP contribution is -2.39. The number of carboxylic acid groups (broad SMARTS) is 1. The molecule has 0 radical (unpaired) electrons. The average molecular weight is 264 g/mol. The molecule has 5 heteroatoms. The van der Waals surface area contributed by atoms with E-state index in [0.717, 1.165) is 18.0 Å². The highest BCUT2D eigenvalue weighted by molar-refractivity contribution is 5.72. The standard InChI is InChI=1S/C14H20N2O3/c1-10-7-15-8-11(14(17)18)9-16(10)12-5-3-4-6-13(12)19-2/h3-6,10-11,15H,7-9H2,1-2H3,(H,17,18). The number of carbonyl (C=O) groups is 1. The molecule has 0 aromatic heterocycles. The number of hydrogen-bond acceptors (Lipinski definition) is 4. The fourth-order valence-corrected chi connectivity index (χ4v) is 2.43. The lowest BCUT2D eigenvalue weighted by atomic mass is 10.1. The van der Waals surface area contributed by atoms with Crippen LogP contribution in [-0.2, 0) is 4.79 Å². The van der Waals surface area contributed by atoms with Gasteiger partial charge in [-0.15, -0.1) is 0 Å². The topological polar surface area (TPSA) is 61.8 Å². The van der Waals surface area contributed by atoms with Gasteiger partial charge in [0.15, 0.2) is 0 Å². The highest BCUT2D eigenvalue weighted by Crippen LogP contribution is 2.30. The van der Waals surface area contributed by atoms with Crippen molar-refractivity contribution in [1.82, 2.24) is 5.32 Å². The minimum Gasteiger partial charge on any atom is -0.495 e. The molecule has 2 N–H and O–H groups in total. The van der Waals surface area contributed by atoms with Gasteiger partial charge in [-0.3, -0.25) is 4.79 Å². The molecule has 0 amide bonds. The van der Waals surface area contributed by atoms with Crippen LogP contribution in [0.4, 0.5) is 5.69 Å². The van der Waals surface area contributed by atoms with Gasteiger partial charge < -0.3 is 20.1 Å². The lowest BCUT2D eigenvalue weighted by molar-refractivity contribution is -0.141. The van der Waals surface area contributed by atoms with Crippen LogP contribution in [0.15, 0.2) is 24.3 Å². The number of ether oxygens (including phenoxy) is 1. The third kappa shape index (κ3) is 2.98. The summed E-state index contributed by atoms with van der Waals surface area (Å²) in [6.07, 6.45) is 0. The first-order chi connectivity index (χ1) is 9.13. The Morgan fingerprint density at radius 2 is 2.16 bits per heavy atom. The molecular formula is C14H20N2O3. The van der Waals surface area contributed by atoms with E-state index in [1.807, 2.05) is 24.3 Å². The van der Waals surface area contributed by atoms with E-state index in [4.69, 9.17) is 4.74 Å². The van der Waals surface area contributed by atoms with E-state index in [9.17, 15) is 9.90 Å². The van der Waals surface area contributed by atoms with Crippen molar-refractivity contribution in [2.75, 3.05) is 31.6 Å². The summed E-state index contributed by atoms with van der Waals surface area (Å²) < 4.78 is 5.37. The molecule has 2 rings (SSSR count). The Kier molecular flexibility index (Phi) is 4.27. The molecule has 0 saturated carbocycles. The first-order valence-corrected chi connectivity index (χ1v) is 6.46. The predicted molar refractivity (Wildman–Crippen MR) is 73.8 cm³/mol. The molecule has 1 aromatic rings. The molecule has 0 spiro atoms. The molecule has 1 heterocycles. The van der Waals surface area contributed by atoms with Gasteiger partial charge in [0.2, 0.25) is 0 Å². The third-order valence-corrected chi connectivity index (χ3v) is 3.52. The Hall–Kier alpha value is -1.75. The summed E-state index contributed by atoms with van der Waals surface area (Å²) in [6.45, 7) is 3.85. The third-order valence-electron chi connectivity index (χ3n) is 3.52. The molecule has 1 aliphatic rings. The summed E-state index contributed by atoms with van der Waals surface area (Å²) >= 11 is 0. The summed E-state index contributed by atoms with van der Waals surface area (Å²) in [7, 11) is 1.63. The van der Waals surface area contributed by atoms with Gasteiger partial charge in [0.25, 0.3) is 0 Å². The van der Waals surface area contributed by atoms with E-state index in [0.29, 0.717) is 13.1 Å². The molecule has 1 saturated heterocycles. The van der Waals surface area contributed by atoms with Crippen molar-refractivity contribution < 1.29 is 14.6 Å². The van der Waals surface area contributed by atoms with Crippen LogP contribution in [0.5, 0.6) is 5.75 Å². The highest BCUT2D eigenvalue weighted by atomic mass is 16.5. The zero-order valence-corrected chi connectivity index (χ0v) is 11.3. The Balaban J connectivity index is 2.30. The second-order valence-corrected chi connectivity index (χ2v) is 4.87. The molecule has 0 bridgehead atoms. The normalized spacial score (nSPS) is 23.8. The molecule has 5 nitrogen and oxygen atoms in total. The van der Waals surface area contributed by atoms with Crippen molar-refractivity contribution in [3.8, 4) is 5.75 Å². The molecule has 1 fully saturated rings. The summed E-state index contributed by atoms with van der Waals surface area (Å²) in [5.41, 5.74) is 0.951. The van der Waals surface area contributed by atoms with E-state index >= 15 is 0 Å². The van der Waals surface area contributed by atoms with Crippen LogP contribution in [0, 0.1) is 5.92 Å². The fourth-order valence-electron chi connectivity index (χ4n) is 2.43. The maximum Gasteiger partial charge on any atom is 0.309 e. The maximum atomic E-state index is 11.2. The number of anilines is 1. The zero-order chi connectivity index (χ0) is 13.8. The second-order valence-electron chi connectivity index (χ2n) is 4.87. The van der Waals surface area contributed by atoms with Crippen LogP contribution in [0.2, 0.25) is 0 Å². The molecule has 2 unspecified atom stereocenters. The molecule has 104 valence electrons. The van der Waals surface area contributed by atoms with Gasteiger partial charge in [0, 0.05) is 25.7 Å². The number of methoxy groups -OCH3 is 1. The first kappa shape index (κ1) is 13.7. The van der Waals surface area contributed by atoms with Crippen molar-refractivity contribution >= 4 is 11.7 Å². The number of para-hydroxylation sites is 2. The van der Waals surface area contributed by atoms with E-state index < -0.39 is 11.9 Å². The minimum atomic E-state index is -0.763. The number of rotatable bonds is 3. The Morgan fingerprint density at radius 1 is 1.42 bits per heavy atom. The Bertz CT molecular complexity index is 450. The highest BCUT2D eigenvalue weighted by Gasteiger charge is 2.28. The van der Waals surface area contributed by atoms with Crippen LogP contribution >= 0.6 is 0 Å². The predicted octanol–water partition coefficient (Wildman–Crippen LogP) is 1.19. The van der Waals surface area contributed by atoms with Crippen molar-refractivity contribution in [2.45, 2.75) is 13.0 Å². The molecule has 1 aromatic carbocycles. The smallest absolute Gasteiger partial charge is 0.309 e. The number of nitrogens with one attached hydrogen (secondary N) is 1. The number of benzene rings is 1. The van der Waals surface area contributed by atoms with Crippen LogP contribution in [0.25, 0.3) is 0 Å². The van der Waals surface area contributed by atoms with Crippen LogP contribution in [0.3, 0.4) is 0 Å². The lowest BCUT2D eigenvalue weighted by Gasteiger charge is -2.31. The van der Waals surface area contributed by atoms with E-state index in [-0.39, 0.29) is 6.04 Å². The van der Waals surface area contributed by atoms with E-state index in [1.54, 1.807) is 7.11 Å². The Labute approximate surface area is 113 Å². The summed E-state index contributed by atoms with van der Waals surface area (Å²) in [4.78, 5) is 13.4. The van der Waals surface area contributed by atoms with Gasteiger partial charge in [0.05, 0.1) is 18.7 Å². The van der Waals surface area contributed by atoms with Crippen LogP contribution in [-0.4, -0.2) is 43.9 Å². The van der Waals surface area contributed by atoms with Gasteiger partial charge in [-0.05, 0) is 19.1 Å². The summed E-state index contributed by atoms with van der Waals surface area (Å²) in [5.74, 6) is -0.392. The molecule has 2 atom stereocenters. The molecular weight excluding hydrogens is 244 g/mol. The van der Waals surface area contributed by atoms with Crippen LogP contribution in [0.1, 0.15) is 6.92 Å². The average Bonchev–Trinajstić information content (AvgIpc) is 2.60. The fraction of sp³-hybridized carbons (Fsp3) is 0.500. The molecule has 1 aliphatic heterocycles. The summed E-state index contributed by atoms with van der Waals surface area (Å²) in [5, 5.41) is 12.4. The molecule has 0 aliphatic carbocycles. The van der Waals surface area contributed by atoms with Crippen LogP contribution < -0.4 is 15.0 Å². The van der Waals surface area contributed by atoms with Crippen molar-refractivity contribution in [3.05, 3.63) is 24.3 Å². The van der Waals surface area contributed by atoms with Crippen molar-refractivity contribution in [1.29, 1.82) is 0 Å². The molecule has 19 heavy (non-hydrogen) atoms. The quantitative estimate of drug-likeness (QED) is 0.859. The van der Waals surface area contributed by atoms with Gasteiger partial charge in [-0.25, -0.2) is 0 Å². The number of carboxylic acids is 1. The SMILES string of the molecule is COc1ccccc1N1CC(C(=O)O)CNCC1C. The Morgan fingerprint density at radius 3 is 2.84 bits per heavy atom. The second kappa shape index (κ2) is 5.93.